The van der Waals surface area contributed by atoms with Crippen LogP contribution in [0.1, 0.15) is 123 Å². The Morgan fingerprint density at radius 3 is 1.21 bits per heavy atom. The van der Waals surface area contributed by atoms with Crippen molar-refractivity contribution in [2.24, 2.45) is 0 Å². The number of carbonyl (C=O) groups is 7. The molecule has 0 radical (unpaired) electrons. The van der Waals surface area contributed by atoms with Gasteiger partial charge >= 0.3 is 30.3 Å². The van der Waals surface area contributed by atoms with Crippen LogP contribution in [0.2, 0.25) is 0 Å². The average molecular weight is 1590 g/mol. The summed E-state index contributed by atoms with van der Waals surface area (Å²) in [5, 5.41) is 19.9. The Hall–Kier alpha value is -11.1. The molecule has 6 heterocycles. The number of halogens is 2. The van der Waals surface area contributed by atoms with Gasteiger partial charge in [-0.25, -0.2) is 47.7 Å². The quantitative estimate of drug-likeness (QED) is 0.0315. The van der Waals surface area contributed by atoms with E-state index in [0.29, 0.717) is 95.6 Å². The summed E-state index contributed by atoms with van der Waals surface area (Å²) in [7, 11) is 0. The van der Waals surface area contributed by atoms with Crippen LogP contribution in [-0.4, -0.2) is 173 Å². The maximum absolute atomic E-state index is 13.4. The van der Waals surface area contributed by atoms with E-state index in [2.05, 4.69) is 40.7 Å². The molecule has 0 atom stereocenters. The fourth-order valence-corrected chi connectivity index (χ4v) is 14.0. The molecule has 3 saturated heterocycles. The number of Topliss-reactive ketones (excluding diaryl/α,β-unsaturated/α-hetero) is 2. The Bertz CT molecular complexity index is 4720. The van der Waals surface area contributed by atoms with Crippen molar-refractivity contribution >= 4 is 114 Å². The molecule has 6 aromatic carbocycles. The van der Waals surface area contributed by atoms with Crippen molar-refractivity contribution in [2.75, 3.05) is 115 Å². The Morgan fingerprint density at radius 1 is 0.429 bits per heavy atom. The van der Waals surface area contributed by atoms with Gasteiger partial charge in [0.25, 0.3) is 0 Å². The van der Waals surface area contributed by atoms with Crippen LogP contribution in [0.25, 0.3) is 33.4 Å². The first-order chi connectivity index (χ1) is 52.9. The van der Waals surface area contributed by atoms with Gasteiger partial charge < -0.3 is 65.3 Å². The number of anilines is 7. The van der Waals surface area contributed by atoms with Crippen molar-refractivity contribution in [3.05, 3.63) is 189 Å². The fourth-order valence-electron chi connectivity index (χ4n) is 11.4. The maximum atomic E-state index is 13.4. The molecular formula is C82H97F2N13O12S3. The summed E-state index contributed by atoms with van der Waals surface area (Å²) in [6, 6.07) is 38.7. The number of nitrogens with two attached hydrogens (primary N) is 2. The van der Waals surface area contributed by atoms with Gasteiger partial charge in [-0.05, 0) is 188 Å². The molecule has 25 nitrogen and oxygen atoms in total. The molecule has 12 rings (SSSR count). The summed E-state index contributed by atoms with van der Waals surface area (Å²) < 4.78 is 47.5. The zero-order valence-electron chi connectivity index (χ0n) is 65.0. The summed E-state index contributed by atoms with van der Waals surface area (Å²) in [5.74, 6) is -1.63. The third-order valence-corrected chi connectivity index (χ3v) is 20.0. The molecular weight excluding hydrogens is 1490 g/mol. The number of nitrogens with zero attached hydrogens (tertiary/aromatic N) is 8. The number of thiazole rings is 3. The molecule has 0 bridgehead atoms. The first kappa shape index (κ1) is 84.9. The van der Waals surface area contributed by atoms with E-state index in [0.717, 1.165) is 86.7 Å². The van der Waals surface area contributed by atoms with Gasteiger partial charge in [0.2, 0.25) is 0 Å². The van der Waals surface area contributed by atoms with Crippen molar-refractivity contribution in [1.29, 1.82) is 0 Å². The number of hydrogen-bond donors (Lipinski definition) is 6. The van der Waals surface area contributed by atoms with Crippen LogP contribution in [-0.2, 0) is 31.8 Å². The van der Waals surface area contributed by atoms with Gasteiger partial charge in [0.15, 0.2) is 27.0 Å². The standard InChI is InChI=1S/C31H38N4O5S.C21H21FN4OS.C17H19FN2O2.C13H19N3O4S/c1-30(2,3)39-28(37)33-24-13-12-22(21-10-8-7-9-11-21)18-23(24)19-25(36)26-20-32-27(41-26)34-14-16-35(17-15-34)29(38)40-31(4,5)6;22-17-4-1-14(2-5-17)15-3-6-18(23)16(11-15)12-19(27)20-13-25-21(28-20)26-9-7-24-8-10-26;1-17(2,3)22-16(21)20-15-9-6-12(10-14(15)19)11-4-7-13(18)8-5-11;1-13(2,3)20-12(19)16-6-4-15(5-7-16)11-14-8-9(21-11)10(17)18/h7-13,18,20H,14-17,19H2,1-6H3,(H,33,37);1-6,11,13,24H,7-10,12,23H2;4-10H,19H2,1-3H3,(H,20,21);8H,4-7H2,1-3H3,(H,17,18). The second-order valence-corrected chi connectivity index (χ2v) is 33.4. The first-order valence-corrected chi connectivity index (χ1v) is 38.9. The molecule has 3 aromatic heterocycles. The van der Waals surface area contributed by atoms with Crippen LogP contribution in [0.4, 0.5) is 66.1 Å². The average Bonchev–Trinajstić information content (AvgIpc) is 0.976. The van der Waals surface area contributed by atoms with E-state index in [-0.39, 0.29) is 53.1 Å². The summed E-state index contributed by atoms with van der Waals surface area (Å²) in [4.78, 5) is 110. The molecule has 0 unspecified atom stereocenters. The summed E-state index contributed by atoms with van der Waals surface area (Å²) >= 11 is 3.91. The minimum atomic E-state index is -0.967. The smallest absolute Gasteiger partial charge is 0.412 e. The van der Waals surface area contributed by atoms with Gasteiger partial charge in [0.05, 0.1) is 39.7 Å². The predicted octanol–water partition coefficient (Wildman–Crippen LogP) is 16.3. The topological polar surface area (TPSA) is 320 Å². The number of amides is 4. The van der Waals surface area contributed by atoms with Crippen molar-refractivity contribution in [2.45, 2.75) is 118 Å². The number of aromatic carboxylic acids is 1. The van der Waals surface area contributed by atoms with E-state index < -0.39 is 40.6 Å². The molecule has 3 aliphatic rings. The third kappa shape index (κ3) is 26.0. The second kappa shape index (κ2) is 37.8. The number of nitrogen functional groups attached to an aromatic ring is 2. The number of hydrogen-bond acceptors (Lipinski definition) is 23. The number of aromatic nitrogens is 3. The van der Waals surface area contributed by atoms with Gasteiger partial charge in [0.1, 0.15) is 38.9 Å². The number of ether oxygens (including phenoxy) is 4. The summed E-state index contributed by atoms with van der Waals surface area (Å²) in [5.41, 5.74) is 18.6. The van der Waals surface area contributed by atoms with Crippen molar-refractivity contribution in [3.8, 4) is 33.4 Å². The maximum Gasteiger partial charge on any atom is 0.412 e. The molecule has 0 saturated carbocycles. The molecule has 0 aliphatic carbocycles. The molecule has 0 spiro atoms. The number of carboxylic acids is 1. The van der Waals surface area contributed by atoms with Crippen molar-refractivity contribution in [1.82, 2.24) is 30.1 Å². The van der Waals surface area contributed by atoms with Crippen LogP contribution in [0, 0.1) is 11.6 Å². The highest BCUT2D eigenvalue weighted by atomic mass is 32.1. The largest absolute Gasteiger partial charge is 0.477 e. The fraction of sp³-hybridized carbons (Fsp3) is 0.366. The number of nitrogens with one attached hydrogen (secondary N) is 3. The van der Waals surface area contributed by atoms with Gasteiger partial charge in [-0.1, -0.05) is 107 Å². The van der Waals surface area contributed by atoms with Crippen molar-refractivity contribution in [3.63, 3.8) is 0 Å². The van der Waals surface area contributed by atoms with Crippen molar-refractivity contribution < 1.29 is 66.4 Å². The number of piperazine rings is 3. The van der Waals surface area contributed by atoms with Gasteiger partial charge in [-0.15, -0.1) is 0 Å². The monoisotopic (exact) mass is 1590 g/mol. The van der Waals surface area contributed by atoms with Gasteiger partial charge in [0, 0.05) is 103 Å². The molecule has 112 heavy (non-hydrogen) atoms. The first-order valence-electron chi connectivity index (χ1n) is 36.4. The zero-order chi connectivity index (χ0) is 81.2. The Balaban J connectivity index is 0.000000178. The second-order valence-electron chi connectivity index (χ2n) is 30.4. The molecule has 30 heteroatoms. The lowest BCUT2D eigenvalue weighted by molar-refractivity contribution is 0.0230. The minimum Gasteiger partial charge on any atom is -0.477 e. The van der Waals surface area contributed by atoms with E-state index in [1.165, 1.54) is 53.1 Å². The molecule has 4 amide bonds. The summed E-state index contributed by atoms with van der Waals surface area (Å²) in [6.07, 6.45) is 3.15. The van der Waals surface area contributed by atoms with Crippen LogP contribution in [0.15, 0.2) is 152 Å². The highest BCUT2D eigenvalue weighted by Gasteiger charge is 2.31. The lowest BCUT2D eigenvalue weighted by atomic mass is 9.98. The molecule has 3 aliphatic heterocycles. The lowest BCUT2D eigenvalue weighted by Crippen LogP contribution is -2.50. The Kier molecular flexibility index (Phi) is 28.6. The zero-order valence-corrected chi connectivity index (χ0v) is 67.4. The molecule has 594 valence electrons. The Labute approximate surface area is 663 Å². The van der Waals surface area contributed by atoms with E-state index in [1.807, 2.05) is 101 Å². The van der Waals surface area contributed by atoms with Gasteiger partial charge in [-0.3, -0.25) is 20.2 Å². The molecule has 3 fully saturated rings. The number of ketones is 2. The van der Waals surface area contributed by atoms with Crippen LogP contribution >= 0.6 is 34.0 Å². The Morgan fingerprint density at radius 2 is 0.786 bits per heavy atom. The van der Waals surface area contributed by atoms with Gasteiger partial charge in [-0.2, -0.15) is 0 Å². The number of benzene rings is 6. The highest BCUT2D eigenvalue weighted by Crippen LogP contribution is 2.34. The van der Waals surface area contributed by atoms with E-state index in [1.54, 1.807) is 118 Å². The highest BCUT2D eigenvalue weighted by molar-refractivity contribution is 7.18. The number of carbonyl (C=O) groups excluding carboxylic acids is 6. The van der Waals surface area contributed by atoms with Crippen LogP contribution in [0.5, 0.6) is 0 Å². The van der Waals surface area contributed by atoms with Crippen LogP contribution < -0.4 is 42.1 Å². The lowest BCUT2D eigenvalue weighted by Gasteiger charge is -2.35. The summed E-state index contributed by atoms with van der Waals surface area (Å²) in [6.45, 7) is 30.0. The normalized spacial score (nSPS) is 13.9. The van der Waals surface area contributed by atoms with Crippen LogP contribution in [0.3, 0.4) is 0 Å². The predicted molar refractivity (Wildman–Crippen MR) is 439 cm³/mol. The SMILES string of the molecule is CC(C)(C)OC(=O)N1CCN(c2ncc(C(=O)O)s2)CC1.CC(C)(C)OC(=O)Nc1ccc(-c2ccc(F)cc2)cc1N.CC(C)(C)OC(=O)Nc1ccc(-c2ccccc2)cc1CC(=O)c1cnc(N2CCN(C(=O)OC(C)(C)C)CC2)s1.Nc1ccc(-c2ccc(F)cc2)cc1CC(=O)c1cnc(N2CCNCC2)s1. The molecule has 8 N–H and O–H groups in total. The minimum absolute atomic E-state index is 0.00170. The van der Waals surface area contributed by atoms with E-state index >= 15 is 0 Å². The number of rotatable bonds is 15. The molecule has 9 aromatic rings. The third-order valence-electron chi connectivity index (χ3n) is 16.8. The van der Waals surface area contributed by atoms with E-state index in [9.17, 15) is 42.3 Å². The number of carboxylic acid groups (broad SMARTS) is 1. The van der Waals surface area contributed by atoms with E-state index in [4.69, 9.17) is 35.5 Å².